The number of fused-ring (bicyclic) bond motifs is 1. The van der Waals surface area contributed by atoms with Crippen LogP contribution in [0.15, 0.2) is 18.5 Å². The first-order valence-corrected chi connectivity index (χ1v) is 10.1. The number of pyridine rings is 1. The van der Waals surface area contributed by atoms with Crippen molar-refractivity contribution in [1.82, 2.24) is 24.6 Å². The van der Waals surface area contributed by atoms with Crippen LogP contribution >= 0.6 is 0 Å². The number of hydrogen-bond donors (Lipinski definition) is 0. The molecule has 0 saturated carbocycles. The molecule has 2 aliphatic heterocycles. The first kappa shape index (κ1) is 18.2. The van der Waals surface area contributed by atoms with E-state index in [9.17, 15) is 4.79 Å². The summed E-state index contributed by atoms with van der Waals surface area (Å²) in [4.78, 5) is 21.6. The highest BCUT2D eigenvalue weighted by atomic mass is 16.2. The normalized spacial score (nSPS) is 17.6. The van der Waals surface area contributed by atoms with Gasteiger partial charge >= 0.3 is 0 Å². The largest absolute Gasteiger partial charge is 0.332 e. The van der Waals surface area contributed by atoms with Crippen LogP contribution in [0, 0.1) is 6.92 Å². The molecule has 144 valence electrons. The molecule has 0 spiro atoms. The molecule has 0 radical (unpaired) electrons. The zero-order valence-corrected chi connectivity index (χ0v) is 16.6. The minimum atomic E-state index is 0.0643. The Labute approximate surface area is 161 Å². The third kappa shape index (κ3) is 3.63. The third-order valence-corrected chi connectivity index (χ3v) is 5.64. The van der Waals surface area contributed by atoms with E-state index in [1.807, 2.05) is 17.9 Å². The molecule has 6 nitrogen and oxygen atoms in total. The average Bonchev–Trinajstić information content (AvgIpc) is 3.29. The Hall–Kier alpha value is -2.21. The standard InChI is InChI=1S/C21H29N5O/c1-15(2)26-20-14-25(21(27)17-10-16(3)11-22-12-17)9-6-18(20)19(23-26)13-24-7-4-5-8-24/h10-12,15H,4-9,13-14H2,1-3H3. The van der Waals surface area contributed by atoms with E-state index in [2.05, 4.69) is 28.4 Å². The molecule has 1 fully saturated rings. The van der Waals surface area contributed by atoms with E-state index in [0.717, 1.165) is 25.1 Å². The number of aromatic nitrogens is 3. The lowest BCUT2D eigenvalue weighted by Gasteiger charge is -2.29. The van der Waals surface area contributed by atoms with Gasteiger partial charge in [-0.15, -0.1) is 0 Å². The Balaban J connectivity index is 1.59. The van der Waals surface area contributed by atoms with Crippen LogP contribution in [0.4, 0.5) is 0 Å². The number of carbonyl (C=O) groups excluding carboxylic acids is 1. The maximum Gasteiger partial charge on any atom is 0.255 e. The Morgan fingerprint density at radius 1 is 1.19 bits per heavy atom. The predicted molar refractivity (Wildman–Crippen MR) is 105 cm³/mol. The Morgan fingerprint density at radius 3 is 2.67 bits per heavy atom. The smallest absolute Gasteiger partial charge is 0.255 e. The van der Waals surface area contributed by atoms with Gasteiger partial charge in [-0.05, 0) is 64.8 Å². The Bertz CT molecular complexity index is 835. The lowest BCUT2D eigenvalue weighted by molar-refractivity contribution is 0.0728. The van der Waals surface area contributed by atoms with Crippen LogP contribution in [-0.2, 0) is 19.5 Å². The molecule has 0 aliphatic carbocycles. The van der Waals surface area contributed by atoms with Crippen molar-refractivity contribution in [3.63, 3.8) is 0 Å². The van der Waals surface area contributed by atoms with Gasteiger partial charge in [-0.3, -0.25) is 19.4 Å². The van der Waals surface area contributed by atoms with Crippen LogP contribution in [0.5, 0.6) is 0 Å². The van der Waals surface area contributed by atoms with Crippen molar-refractivity contribution in [2.75, 3.05) is 19.6 Å². The fourth-order valence-electron chi connectivity index (χ4n) is 4.25. The average molecular weight is 367 g/mol. The minimum absolute atomic E-state index is 0.0643. The number of hydrogen-bond acceptors (Lipinski definition) is 4. The Kier molecular flexibility index (Phi) is 5.00. The molecule has 0 bridgehead atoms. The van der Waals surface area contributed by atoms with Crippen LogP contribution < -0.4 is 0 Å². The molecule has 0 atom stereocenters. The summed E-state index contributed by atoms with van der Waals surface area (Å²) in [6.07, 6.45) is 6.92. The molecule has 6 heteroatoms. The van der Waals surface area contributed by atoms with Crippen molar-refractivity contribution in [2.45, 2.75) is 59.2 Å². The first-order valence-electron chi connectivity index (χ1n) is 10.1. The minimum Gasteiger partial charge on any atom is -0.332 e. The van der Waals surface area contributed by atoms with Crippen molar-refractivity contribution < 1.29 is 4.79 Å². The van der Waals surface area contributed by atoms with E-state index < -0.39 is 0 Å². The second kappa shape index (κ2) is 7.43. The van der Waals surface area contributed by atoms with Crippen molar-refractivity contribution in [3.8, 4) is 0 Å². The van der Waals surface area contributed by atoms with Crippen molar-refractivity contribution >= 4 is 5.91 Å². The molecule has 2 aromatic rings. The molecule has 27 heavy (non-hydrogen) atoms. The summed E-state index contributed by atoms with van der Waals surface area (Å²) >= 11 is 0. The second-order valence-corrected chi connectivity index (χ2v) is 8.12. The molecule has 2 aromatic heterocycles. The molecular weight excluding hydrogens is 338 g/mol. The fraction of sp³-hybridized carbons (Fsp3) is 0.571. The highest BCUT2D eigenvalue weighted by molar-refractivity contribution is 5.94. The molecule has 4 rings (SSSR count). The highest BCUT2D eigenvalue weighted by Crippen LogP contribution is 2.27. The van der Waals surface area contributed by atoms with Crippen LogP contribution in [0.1, 0.15) is 65.6 Å². The maximum atomic E-state index is 13.0. The van der Waals surface area contributed by atoms with E-state index >= 15 is 0 Å². The molecular formula is C21H29N5O. The van der Waals surface area contributed by atoms with Gasteiger partial charge in [0.25, 0.3) is 5.91 Å². The summed E-state index contributed by atoms with van der Waals surface area (Å²) in [6, 6.07) is 2.21. The SMILES string of the molecule is Cc1cncc(C(=O)N2CCc3c(CN4CCCC4)nn(C(C)C)c3C2)c1. The molecule has 1 saturated heterocycles. The number of aryl methyl sites for hydroxylation is 1. The Morgan fingerprint density at radius 2 is 1.96 bits per heavy atom. The van der Waals surface area contributed by atoms with Gasteiger partial charge in [-0.1, -0.05) is 0 Å². The predicted octanol–water partition coefficient (Wildman–Crippen LogP) is 2.96. The number of carbonyl (C=O) groups is 1. The van der Waals surface area contributed by atoms with Crippen LogP contribution in [-0.4, -0.2) is 50.1 Å². The van der Waals surface area contributed by atoms with E-state index in [1.165, 1.54) is 42.9 Å². The van der Waals surface area contributed by atoms with Crippen molar-refractivity contribution in [1.29, 1.82) is 0 Å². The lowest BCUT2D eigenvalue weighted by atomic mass is 10.0. The lowest BCUT2D eigenvalue weighted by Crippen LogP contribution is -2.37. The van der Waals surface area contributed by atoms with E-state index in [-0.39, 0.29) is 5.91 Å². The van der Waals surface area contributed by atoms with Gasteiger partial charge < -0.3 is 4.90 Å². The van der Waals surface area contributed by atoms with Crippen LogP contribution in [0.25, 0.3) is 0 Å². The van der Waals surface area contributed by atoms with Gasteiger partial charge in [0.2, 0.25) is 0 Å². The first-order chi connectivity index (χ1) is 13.0. The van der Waals surface area contributed by atoms with Gasteiger partial charge in [0.1, 0.15) is 0 Å². The highest BCUT2D eigenvalue weighted by Gasteiger charge is 2.29. The zero-order valence-electron chi connectivity index (χ0n) is 16.6. The molecule has 4 heterocycles. The second-order valence-electron chi connectivity index (χ2n) is 8.12. The summed E-state index contributed by atoms with van der Waals surface area (Å²) in [5.74, 6) is 0.0643. The monoisotopic (exact) mass is 367 g/mol. The maximum absolute atomic E-state index is 13.0. The van der Waals surface area contributed by atoms with E-state index in [0.29, 0.717) is 18.2 Å². The summed E-state index contributed by atoms with van der Waals surface area (Å²) in [5.41, 5.74) is 5.47. The number of nitrogens with zero attached hydrogens (tertiary/aromatic N) is 5. The van der Waals surface area contributed by atoms with E-state index in [1.54, 1.807) is 12.4 Å². The summed E-state index contributed by atoms with van der Waals surface area (Å²) < 4.78 is 2.13. The van der Waals surface area contributed by atoms with Gasteiger partial charge in [-0.2, -0.15) is 5.10 Å². The van der Waals surface area contributed by atoms with Gasteiger partial charge in [0.15, 0.2) is 0 Å². The zero-order chi connectivity index (χ0) is 19.0. The number of likely N-dealkylation sites (tertiary alicyclic amines) is 1. The summed E-state index contributed by atoms with van der Waals surface area (Å²) in [7, 11) is 0. The number of amides is 1. The van der Waals surface area contributed by atoms with Gasteiger partial charge in [0, 0.05) is 37.1 Å². The molecule has 0 unspecified atom stereocenters. The van der Waals surface area contributed by atoms with Gasteiger partial charge in [0.05, 0.1) is 23.5 Å². The summed E-state index contributed by atoms with van der Waals surface area (Å²) in [6.45, 7) is 11.0. The van der Waals surface area contributed by atoms with Crippen LogP contribution in [0.3, 0.4) is 0 Å². The molecule has 0 N–H and O–H groups in total. The van der Waals surface area contributed by atoms with Crippen molar-refractivity contribution in [3.05, 3.63) is 46.5 Å². The molecule has 0 aromatic carbocycles. The summed E-state index contributed by atoms with van der Waals surface area (Å²) in [5, 5.41) is 4.96. The fourth-order valence-corrected chi connectivity index (χ4v) is 4.25. The van der Waals surface area contributed by atoms with E-state index in [4.69, 9.17) is 5.10 Å². The number of rotatable bonds is 4. The molecule has 2 aliphatic rings. The topological polar surface area (TPSA) is 54.3 Å². The van der Waals surface area contributed by atoms with Crippen molar-refractivity contribution in [2.24, 2.45) is 0 Å². The third-order valence-electron chi connectivity index (χ3n) is 5.64. The van der Waals surface area contributed by atoms with Gasteiger partial charge in [-0.25, -0.2) is 0 Å². The quantitative estimate of drug-likeness (QED) is 0.834. The van der Waals surface area contributed by atoms with Crippen LogP contribution in [0.2, 0.25) is 0 Å². The molecule has 1 amide bonds.